The van der Waals surface area contributed by atoms with Gasteiger partial charge in [0, 0.05) is 18.6 Å². The lowest BCUT2D eigenvalue weighted by Gasteiger charge is -2.17. The molecule has 5 nitrogen and oxygen atoms in total. The van der Waals surface area contributed by atoms with Crippen molar-refractivity contribution in [3.8, 4) is 5.69 Å². The molecule has 0 aliphatic carbocycles. The van der Waals surface area contributed by atoms with Crippen LogP contribution >= 0.6 is 23.4 Å². The summed E-state index contributed by atoms with van der Waals surface area (Å²) in [4.78, 5) is 32.0. The summed E-state index contributed by atoms with van der Waals surface area (Å²) in [5.41, 5.74) is 1.06. The Morgan fingerprint density at radius 3 is 2.75 bits per heavy atom. The average molecular weight is 416 g/mol. The summed E-state index contributed by atoms with van der Waals surface area (Å²) >= 11 is 7.40. The van der Waals surface area contributed by atoms with E-state index in [1.807, 2.05) is 18.2 Å². The van der Waals surface area contributed by atoms with Gasteiger partial charge in [-0.3, -0.25) is 14.2 Å². The van der Waals surface area contributed by atoms with Gasteiger partial charge in [0.05, 0.1) is 22.3 Å². The number of rotatable bonds is 7. The molecule has 0 aliphatic heterocycles. The molecule has 146 valence electrons. The molecule has 1 aromatic heterocycles. The Morgan fingerprint density at radius 1 is 1.21 bits per heavy atom. The first kappa shape index (κ1) is 20.4. The summed E-state index contributed by atoms with van der Waals surface area (Å²) in [6.07, 6.45) is 2.00. The maximum absolute atomic E-state index is 13.2. The third-order valence-corrected chi connectivity index (χ3v) is 5.57. The van der Waals surface area contributed by atoms with Crippen LogP contribution in [0.15, 0.2) is 58.5 Å². The number of para-hydroxylation sites is 1. The fraction of sp³-hybridized carbons (Fsp3) is 0.286. The highest BCUT2D eigenvalue weighted by atomic mass is 35.5. The fourth-order valence-electron chi connectivity index (χ4n) is 2.81. The van der Waals surface area contributed by atoms with Gasteiger partial charge in [0.15, 0.2) is 5.16 Å². The number of aromatic nitrogens is 2. The van der Waals surface area contributed by atoms with Crippen LogP contribution < -0.4 is 5.56 Å². The minimum atomic E-state index is -0.179. The van der Waals surface area contributed by atoms with Gasteiger partial charge in [-0.25, -0.2) is 4.98 Å². The van der Waals surface area contributed by atoms with Crippen LogP contribution in [0.2, 0.25) is 5.02 Å². The van der Waals surface area contributed by atoms with Crippen LogP contribution in [0.25, 0.3) is 16.6 Å². The molecule has 0 spiro atoms. The molecule has 0 radical (unpaired) electrons. The van der Waals surface area contributed by atoms with Crippen molar-refractivity contribution in [2.45, 2.75) is 24.9 Å². The van der Waals surface area contributed by atoms with Crippen LogP contribution in [0.4, 0.5) is 0 Å². The van der Waals surface area contributed by atoms with Crippen molar-refractivity contribution < 1.29 is 4.79 Å². The van der Waals surface area contributed by atoms with Crippen LogP contribution in [-0.2, 0) is 4.79 Å². The second-order valence-corrected chi connectivity index (χ2v) is 7.87. The highest BCUT2D eigenvalue weighted by molar-refractivity contribution is 7.99. The number of hydrogen-bond donors (Lipinski definition) is 0. The number of carbonyl (C=O) groups excluding carboxylic acids is 1. The fourth-order valence-corrected chi connectivity index (χ4v) is 3.95. The van der Waals surface area contributed by atoms with Crippen LogP contribution in [0.1, 0.15) is 19.8 Å². The molecule has 1 heterocycles. The Labute approximate surface area is 173 Å². The third-order valence-electron chi connectivity index (χ3n) is 4.41. The second kappa shape index (κ2) is 9.26. The molecule has 2 aromatic carbocycles. The number of halogens is 1. The van der Waals surface area contributed by atoms with Gasteiger partial charge >= 0.3 is 0 Å². The molecule has 0 saturated heterocycles. The number of thioether (sulfide) groups is 1. The first-order valence-corrected chi connectivity index (χ1v) is 10.5. The van der Waals surface area contributed by atoms with E-state index in [1.165, 1.54) is 16.3 Å². The first-order valence-electron chi connectivity index (χ1n) is 9.15. The Kier molecular flexibility index (Phi) is 6.75. The van der Waals surface area contributed by atoms with Crippen molar-refractivity contribution >= 4 is 40.2 Å². The van der Waals surface area contributed by atoms with E-state index < -0.39 is 0 Å². The lowest BCUT2D eigenvalue weighted by Crippen LogP contribution is -2.29. The summed E-state index contributed by atoms with van der Waals surface area (Å²) in [6.45, 7) is 2.82. The molecule has 28 heavy (non-hydrogen) atoms. The third kappa shape index (κ3) is 4.56. The number of fused-ring (bicyclic) bond motifs is 1. The van der Waals surface area contributed by atoms with Gasteiger partial charge in [0.2, 0.25) is 5.91 Å². The zero-order valence-electron chi connectivity index (χ0n) is 15.9. The molecular formula is C21H22ClN3O2S. The van der Waals surface area contributed by atoms with Crippen LogP contribution in [0.5, 0.6) is 0 Å². The van der Waals surface area contributed by atoms with Crippen LogP contribution in [0, 0.1) is 0 Å². The van der Waals surface area contributed by atoms with E-state index in [9.17, 15) is 9.59 Å². The Hall–Kier alpha value is -2.31. The molecule has 0 aliphatic rings. The molecule has 0 unspecified atom stereocenters. The molecule has 0 fully saturated rings. The highest BCUT2D eigenvalue weighted by Crippen LogP contribution is 2.23. The van der Waals surface area contributed by atoms with Crippen molar-refractivity contribution in [3.05, 3.63) is 63.9 Å². The lowest BCUT2D eigenvalue weighted by molar-refractivity contribution is -0.127. The summed E-state index contributed by atoms with van der Waals surface area (Å²) in [6, 6.07) is 14.3. The van der Waals surface area contributed by atoms with Crippen LogP contribution in [0.3, 0.4) is 0 Å². The molecule has 1 amide bonds. The van der Waals surface area contributed by atoms with Crippen molar-refractivity contribution in [3.63, 3.8) is 0 Å². The normalized spacial score (nSPS) is 11.0. The molecular weight excluding hydrogens is 394 g/mol. The van der Waals surface area contributed by atoms with Crippen molar-refractivity contribution in [1.29, 1.82) is 0 Å². The number of benzene rings is 2. The van der Waals surface area contributed by atoms with E-state index in [0.717, 1.165) is 19.4 Å². The molecule has 7 heteroatoms. The lowest BCUT2D eigenvalue weighted by atomic mass is 10.2. The molecule has 0 atom stereocenters. The summed E-state index contributed by atoms with van der Waals surface area (Å²) < 4.78 is 1.53. The molecule has 3 aromatic rings. The van der Waals surface area contributed by atoms with E-state index in [-0.39, 0.29) is 17.2 Å². The Bertz CT molecular complexity index is 1050. The minimum Gasteiger partial charge on any atom is -0.345 e. The highest BCUT2D eigenvalue weighted by Gasteiger charge is 2.16. The van der Waals surface area contributed by atoms with Gasteiger partial charge in [-0.2, -0.15) is 0 Å². The maximum Gasteiger partial charge on any atom is 0.266 e. The second-order valence-electron chi connectivity index (χ2n) is 6.49. The summed E-state index contributed by atoms with van der Waals surface area (Å²) in [5, 5.41) is 1.53. The number of carbonyl (C=O) groups is 1. The average Bonchev–Trinajstić information content (AvgIpc) is 2.70. The number of unbranched alkanes of at least 4 members (excludes halogenated alkanes) is 1. The van der Waals surface area contributed by atoms with Crippen molar-refractivity contribution in [2.75, 3.05) is 19.3 Å². The zero-order valence-corrected chi connectivity index (χ0v) is 17.5. The maximum atomic E-state index is 13.2. The number of nitrogens with zero attached hydrogens (tertiary/aromatic N) is 3. The molecule has 0 N–H and O–H groups in total. The minimum absolute atomic E-state index is 0.0125. The Morgan fingerprint density at radius 2 is 2.00 bits per heavy atom. The number of amides is 1. The van der Waals surface area contributed by atoms with E-state index in [1.54, 1.807) is 42.3 Å². The molecule has 0 bridgehead atoms. The summed E-state index contributed by atoms with van der Waals surface area (Å²) in [5.74, 6) is 0.226. The van der Waals surface area contributed by atoms with Gasteiger partial charge < -0.3 is 4.90 Å². The quantitative estimate of drug-likeness (QED) is 0.424. The summed E-state index contributed by atoms with van der Waals surface area (Å²) in [7, 11) is 1.80. The van der Waals surface area contributed by atoms with E-state index in [2.05, 4.69) is 11.9 Å². The van der Waals surface area contributed by atoms with Crippen LogP contribution in [-0.4, -0.2) is 39.7 Å². The first-order chi connectivity index (χ1) is 13.5. The van der Waals surface area contributed by atoms with E-state index in [4.69, 9.17) is 11.6 Å². The SMILES string of the molecule is CCCCN(C)C(=O)CSc1nc2ccccc2c(=O)n1-c1cccc(Cl)c1. The molecule has 0 saturated carbocycles. The van der Waals surface area contributed by atoms with Gasteiger partial charge in [0.1, 0.15) is 0 Å². The Balaban J connectivity index is 1.99. The van der Waals surface area contributed by atoms with Gasteiger partial charge in [-0.05, 0) is 36.8 Å². The predicted molar refractivity (Wildman–Crippen MR) is 116 cm³/mol. The van der Waals surface area contributed by atoms with E-state index >= 15 is 0 Å². The van der Waals surface area contributed by atoms with Crippen molar-refractivity contribution in [2.24, 2.45) is 0 Å². The smallest absolute Gasteiger partial charge is 0.266 e. The van der Waals surface area contributed by atoms with Crippen molar-refractivity contribution in [1.82, 2.24) is 14.5 Å². The van der Waals surface area contributed by atoms with Gasteiger partial charge in [-0.1, -0.05) is 54.9 Å². The predicted octanol–water partition coefficient (Wildman–Crippen LogP) is 4.39. The van der Waals surface area contributed by atoms with Gasteiger partial charge in [-0.15, -0.1) is 0 Å². The zero-order chi connectivity index (χ0) is 20.1. The standard InChI is InChI=1S/C21H22ClN3O2S/c1-3-4-12-24(2)19(26)14-28-21-23-18-11-6-5-10-17(18)20(27)25(21)16-9-7-8-15(22)13-16/h5-11,13H,3-4,12,14H2,1-2H3. The monoisotopic (exact) mass is 415 g/mol. The topological polar surface area (TPSA) is 55.2 Å². The molecule has 3 rings (SSSR count). The number of hydrogen-bond acceptors (Lipinski definition) is 4. The largest absolute Gasteiger partial charge is 0.345 e. The van der Waals surface area contributed by atoms with Gasteiger partial charge in [0.25, 0.3) is 5.56 Å². The van der Waals surface area contributed by atoms with E-state index in [0.29, 0.717) is 26.8 Å².